The molecule has 0 saturated heterocycles. The van der Waals surface area contributed by atoms with E-state index in [0.717, 1.165) is 0 Å². The molecule has 0 radical (unpaired) electrons. The van der Waals surface area contributed by atoms with Gasteiger partial charge in [0.05, 0.1) is 13.0 Å². The zero-order chi connectivity index (χ0) is 10.6. The molecule has 0 N–H and O–H groups in total. The molecule has 0 fully saturated rings. The third-order valence-corrected chi connectivity index (χ3v) is 2.07. The number of ether oxygens (including phenoxy) is 1. The summed E-state index contributed by atoms with van der Waals surface area (Å²) >= 11 is 1.50. The van der Waals surface area contributed by atoms with Crippen molar-refractivity contribution in [1.29, 1.82) is 0 Å². The quantitative estimate of drug-likeness (QED) is 0.548. The minimum atomic E-state index is -0.486. The predicted octanol–water partition coefficient (Wildman–Crippen LogP) is 0.803. The van der Waals surface area contributed by atoms with Crippen molar-refractivity contribution >= 4 is 24.0 Å². The van der Waals surface area contributed by atoms with Crippen molar-refractivity contribution in [2.45, 2.75) is 5.88 Å². The zero-order valence-electron chi connectivity index (χ0n) is 7.89. The van der Waals surface area contributed by atoms with Crippen molar-refractivity contribution in [3.8, 4) is 0 Å². The van der Waals surface area contributed by atoms with E-state index in [1.165, 1.54) is 29.6 Å². The molecule has 0 aromatic carbocycles. The number of hydrogen-bond acceptors (Lipinski definition) is 5. The Morgan fingerprint density at radius 2 is 2.50 bits per heavy atom. The number of carbonyl (C=O) groups excluding carboxylic acids is 2. The van der Waals surface area contributed by atoms with Gasteiger partial charge < -0.3 is 4.74 Å². The first-order valence-corrected chi connectivity index (χ1v) is 5.22. The van der Waals surface area contributed by atoms with E-state index in [9.17, 15) is 9.59 Å². The van der Waals surface area contributed by atoms with Crippen LogP contribution in [0.5, 0.6) is 0 Å². The predicted molar refractivity (Wildman–Crippen MR) is 52.5 cm³/mol. The second-order valence-electron chi connectivity index (χ2n) is 2.48. The summed E-state index contributed by atoms with van der Waals surface area (Å²) in [6, 6.07) is 1.41. The lowest BCUT2D eigenvalue weighted by Gasteiger charge is -2.02. The average molecular weight is 214 g/mol. The number of esters is 1. The first kappa shape index (κ1) is 10.8. The molecule has 0 aliphatic heterocycles. The summed E-state index contributed by atoms with van der Waals surface area (Å²) in [7, 11) is 1.29. The van der Waals surface area contributed by atoms with Gasteiger partial charge in [0.1, 0.15) is 11.4 Å². The maximum absolute atomic E-state index is 11.2. The highest BCUT2D eigenvalue weighted by molar-refractivity contribution is 7.97. The highest BCUT2D eigenvalue weighted by atomic mass is 32.2. The van der Waals surface area contributed by atoms with Crippen LogP contribution in [0.2, 0.25) is 0 Å². The van der Waals surface area contributed by atoms with Crippen LogP contribution in [0.15, 0.2) is 6.07 Å². The monoisotopic (exact) mass is 214 g/mol. The fourth-order valence-corrected chi connectivity index (χ4v) is 1.43. The van der Waals surface area contributed by atoms with Gasteiger partial charge >= 0.3 is 5.97 Å². The summed E-state index contributed by atoms with van der Waals surface area (Å²) < 4.78 is 6.00. The lowest BCUT2D eigenvalue weighted by atomic mass is 10.4. The van der Waals surface area contributed by atoms with Gasteiger partial charge in [-0.05, 0) is 6.26 Å². The Kier molecular flexibility index (Phi) is 3.70. The van der Waals surface area contributed by atoms with Crippen LogP contribution in [0.25, 0.3) is 0 Å². The number of nitrogens with zero attached hydrogens (tertiary/aromatic N) is 2. The minimum absolute atomic E-state index is 0.236. The summed E-state index contributed by atoms with van der Waals surface area (Å²) in [5.41, 5.74) is 0.531. The van der Waals surface area contributed by atoms with Crippen molar-refractivity contribution in [1.82, 2.24) is 9.78 Å². The number of methoxy groups -OCH3 is 1. The van der Waals surface area contributed by atoms with Gasteiger partial charge in [0, 0.05) is 6.07 Å². The van der Waals surface area contributed by atoms with E-state index in [1.807, 2.05) is 6.26 Å². The molecule has 0 amide bonds. The van der Waals surface area contributed by atoms with Crippen LogP contribution < -0.4 is 0 Å². The van der Waals surface area contributed by atoms with Gasteiger partial charge in [-0.1, -0.05) is 0 Å². The summed E-state index contributed by atoms with van der Waals surface area (Å²) in [5, 5.41) is 3.91. The van der Waals surface area contributed by atoms with Crippen LogP contribution in [-0.2, 0) is 10.6 Å². The van der Waals surface area contributed by atoms with Gasteiger partial charge in [-0.25, -0.2) is 9.48 Å². The van der Waals surface area contributed by atoms with E-state index in [2.05, 4.69) is 9.84 Å². The number of carbonyl (C=O) groups is 2. The van der Waals surface area contributed by atoms with E-state index in [0.29, 0.717) is 17.9 Å². The first-order valence-electron chi connectivity index (χ1n) is 3.83. The Balaban J connectivity index is 3.04. The molecule has 0 atom stereocenters. The Morgan fingerprint density at radius 3 is 3.00 bits per heavy atom. The molecule has 5 nitrogen and oxygen atoms in total. The molecular weight excluding hydrogens is 204 g/mol. The van der Waals surface area contributed by atoms with Crippen LogP contribution in [0.1, 0.15) is 21.0 Å². The number of thioether (sulfide) groups is 1. The maximum atomic E-state index is 11.2. The van der Waals surface area contributed by atoms with Crippen molar-refractivity contribution < 1.29 is 14.3 Å². The van der Waals surface area contributed by atoms with Gasteiger partial charge in [0.2, 0.25) is 0 Å². The highest BCUT2D eigenvalue weighted by Crippen LogP contribution is 2.08. The molecule has 76 valence electrons. The first-order chi connectivity index (χ1) is 6.72. The lowest BCUT2D eigenvalue weighted by Crippen LogP contribution is -2.10. The molecule has 0 aliphatic rings. The zero-order valence-corrected chi connectivity index (χ0v) is 8.71. The van der Waals surface area contributed by atoms with Crippen LogP contribution in [-0.4, -0.2) is 35.4 Å². The van der Waals surface area contributed by atoms with E-state index in [1.54, 1.807) is 0 Å². The Labute approximate surface area is 85.4 Å². The fraction of sp³-hybridized carbons (Fsp3) is 0.375. The van der Waals surface area contributed by atoms with Gasteiger partial charge in [-0.15, -0.1) is 11.8 Å². The molecule has 1 heterocycles. The molecule has 0 unspecified atom stereocenters. The summed E-state index contributed by atoms with van der Waals surface area (Å²) in [6.45, 7) is 0. The Hall–Kier alpha value is -1.30. The molecule has 1 aromatic rings. The molecule has 0 aliphatic carbocycles. The average Bonchev–Trinajstić information content (AvgIpc) is 2.61. The van der Waals surface area contributed by atoms with Crippen molar-refractivity contribution in [2.24, 2.45) is 0 Å². The van der Waals surface area contributed by atoms with E-state index >= 15 is 0 Å². The standard InChI is InChI=1S/C8H10N2O3S/c1-13-8(12)7-3-6(4-11)9-10(7)5-14-2/h3-4H,5H2,1-2H3. The molecule has 14 heavy (non-hydrogen) atoms. The Morgan fingerprint density at radius 1 is 1.79 bits per heavy atom. The number of aldehydes is 1. The largest absolute Gasteiger partial charge is 0.464 e. The summed E-state index contributed by atoms with van der Waals surface area (Å²) in [5.74, 6) is 0.0257. The fourth-order valence-electron chi connectivity index (χ4n) is 0.984. The summed E-state index contributed by atoms with van der Waals surface area (Å²) in [4.78, 5) is 21.7. The highest BCUT2D eigenvalue weighted by Gasteiger charge is 2.14. The van der Waals surface area contributed by atoms with Crippen LogP contribution in [0.3, 0.4) is 0 Å². The SMILES string of the molecule is COC(=O)c1cc(C=O)nn1CSC. The van der Waals surface area contributed by atoms with Gasteiger partial charge in [-0.2, -0.15) is 5.10 Å². The van der Waals surface area contributed by atoms with Crippen LogP contribution in [0, 0.1) is 0 Å². The smallest absolute Gasteiger partial charge is 0.356 e. The van der Waals surface area contributed by atoms with Crippen molar-refractivity contribution in [2.75, 3.05) is 13.4 Å². The molecule has 1 aromatic heterocycles. The minimum Gasteiger partial charge on any atom is -0.464 e. The molecular formula is C8H10N2O3S. The van der Waals surface area contributed by atoms with Crippen LogP contribution in [0.4, 0.5) is 0 Å². The third kappa shape index (κ3) is 2.14. The van der Waals surface area contributed by atoms with E-state index < -0.39 is 5.97 Å². The summed E-state index contributed by atoms with van der Waals surface area (Å²) in [6.07, 6.45) is 2.48. The molecule has 1 rings (SSSR count). The van der Waals surface area contributed by atoms with Crippen molar-refractivity contribution in [3.05, 3.63) is 17.5 Å². The number of rotatable bonds is 4. The van der Waals surface area contributed by atoms with Crippen molar-refractivity contribution in [3.63, 3.8) is 0 Å². The van der Waals surface area contributed by atoms with Gasteiger partial charge in [-0.3, -0.25) is 4.79 Å². The topological polar surface area (TPSA) is 61.2 Å². The molecule has 6 heteroatoms. The van der Waals surface area contributed by atoms with E-state index in [4.69, 9.17) is 0 Å². The second kappa shape index (κ2) is 4.80. The Bertz CT molecular complexity index is 348. The number of hydrogen-bond donors (Lipinski definition) is 0. The van der Waals surface area contributed by atoms with Gasteiger partial charge in [0.15, 0.2) is 6.29 Å². The van der Waals surface area contributed by atoms with Crippen LogP contribution >= 0.6 is 11.8 Å². The molecule has 0 spiro atoms. The lowest BCUT2D eigenvalue weighted by molar-refractivity contribution is 0.0588. The van der Waals surface area contributed by atoms with Gasteiger partial charge in [0.25, 0.3) is 0 Å². The molecule has 0 bridgehead atoms. The van der Waals surface area contributed by atoms with E-state index in [-0.39, 0.29) is 5.69 Å². The second-order valence-corrected chi connectivity index (χ2v) is 3.32. The maximum Gasteiger partial charge on any atom is 0.356 e. The number of aromatic nitrogens is 2. The normalized spacial score (nSPS) is 9.86. The molecule has 0 saturated carbocycles. The third-order valence-electron chi connectivity index (χ3n) is 1.57.